The van der Waals surface area contributed by atoms with E-state index >= 15 is 0 Å². The van der Waals surface area contributed by atoms with E-state index in [0.717, 1.165) is 26.3 Å². The molecule has 3 nitrogen and oxygen atoms in total. The van der Waals surface area contributed by atoms with Crippen LogP contribution < -0.4 is 0 Å². The van der Waals surface area contributed by atoms with Gasteiger partial charge in [0.1, 0.15) is 0 Å². The minimum Gasteiger partial charge on any atom is -0.383 e. The van der Waals surface area contributed by atoms with Gasteiger partial charge in [-0.25, -0.2) is 0 Å². The van der Waals surface area contributed by atoms with Crippen LogP contribution in [0.2, 0.25) is 0 Å². The first-order valence-corrected chi connectivity index (χ1v) is 6.69. The first-order valence-electron chi connectivity index (χ1n) is 6.18. The van der Waals surface area contributed by atoms with Gasteiger partial charge >= 0.3 is 0 Å². The zero-order chi connectivity index (χ0) is 11.8. The second-order valence-electron chi connectivity index (χ2n) is 4.48. The van der Waals surface area contributed by atoms with E-state index in [9.17, 15) is 0 Å². The van der Waals surface area contributed by atoms with Crippen molar-refractivity contribution in [2.75, 3.05) is 40.5 Å². The number of thiol groups is 1. The Kier molecular flexibility index (Phi) is 7.45. The summed E-state index contributed by atoms with van der Waals surface area (Å²) in [5.41, 5.74) is 0. The highest BCUT2D eigenvalue weighted by atomic mass is 32.1. The maximum absolute atomic E-state index is 5.17. The molecule has 0 heterocycles. The minimum atomic E-state index is 0.614. The second-order valence-corrected chi connectivity index (χ2v) is 5.21. The van der Waals surface area contributed by atoms with Gasteiger partial charge in [0.2, 0.25) is 0 Å². The van der Waals surface area contributed by atoms with Crippen LogP contribution >= 0.6 is 12.6 Å². The lowest BCUT2D eigenvalue weighted by atomic mass is 9.93. The molecule has 0 N–H and O–H groups in total. The molecular formula is C12H25NO2S. The maximum atomic E-state index is 5.17. The topological polar surface area (TPSA) is 21.7 Å². The van der Waals surface area contributed by atoms with E-state index < -0.39 is 0 Å². The molecule has 0 aromatic carbocycles. The van der Waals surface area contributed by atoms with E-state index in [1.54, 1.807) is 14.2 Å². The van der Waals surface area contributed by atoms with E-state index in [1.807, 2.05) is 0 Å². The number of rotatable bonds is 7. The Bertz CT molecular complexity index is 164. The molecule has 0 unspecified atom stereocenters. The van der Waals surface area contributed by atoms with E-state index in [4.69, 9.17) is 9.47 Å². The standard InChI is InChI=1S/C12H25NO2S/c1-14-9-7-13(8-10-15-2)11-3-5-12(16)6-4-11/h11-12,16H,3-10H2,1-2H3. The molecule has 0 spiro atoms. The van der Waals surface area contributed by atoms with E-state index in [-0.39, 0.29) is 0 Å². The summed E-state index contributed by atoms with van der Waals surface area (Å²) in [6, 6.07) is 0.702. The zero-order valence-electron chi connectivity index (χ0n) is 10.5. The average molecular weight is 247 g/mol. The molecule has 96 valence electrons. The monoisotopic (exact) mass is 247 g/mol. The number of hydrogen-bond acceptors (Lipinski definition) is 4. The number of hydrogen-bond donors (Lipinski definition) is 1. The Balaban J connectivity index is 2.34. The lowest BCUT2D eigenvalue weighted by Crippen LogP contribution is -2.42. The summed E-state index contributed by atoms with van der Waals surface area (Å²) in [4.78, 5) is 2.51. The summed E-state index contributed by atoms with van der Waals surface area (Å²) >= 11 is 4.54. The largest absolute Gasteiger partial charge is 0.383 e. The summed E-state index contributed by atoms with van der Waals surface area (Å²) in [7, 11) is 3.53. The summed E-state index contributed by atoms with van der Waals surface area (Å²) in [5.74, 6) is 0. The van der Waals surface area contributed by atoms with Gasteiger partial charge in [0, 0.05) is 38.6 Å². The lowest BCUT2D eigenvalue weighted by Gasteiger charge is -2.35. The highest BCUT2D eigenvalue weighted by molar-refractivity contribution is 7.80. The van der Waals surface area contributed by atoms with Crippen LogP contribution in [0.15, 0.2) is 0 Å². The van der Waals surface area contributed by atoms with Gasteiger partial charge in [-0.05, 0) is 25.7 Å². The van der Waals surface area contributed by atoms with Crippen molar-refractivity contribution in [2.24, 2.45) is 0 Å². The lowest BCUT2D eigenvalue weighted by molar-refractivity contribution is 0.0746. The summed E-state index contributed by atoms with van der Waals surface area (Å²) < 4.78 is 10.3. The fourth-order valence-corrected chi connectivity index (χ4v) is 2.62. The molecule has 1 fully saturated rings. The molecule has 0 saturated heterocycles. The summed E-state index contributed by atoms with van der Waals surface area (Å²) in [6.45, 7) is 3.65. The van der Waals surface area contributed by atoms with Gasteiger partial charge in [0.25, 0.3) is 0 Å². The predicted molar refractivity (Wildman–Crippen MR) is 70.4 cm³/mol. The van der Waals surface area contributed by atoms with Crippen LogP contribution in [-0.4, -0.2) is 56.7 Å². The predicted octanol–water partition coefficient (Wildman–Crippen LogP) is 1.82. The molecule has 1 saturated carbocycles. The molecule has 16 heavy (non-hydrogen) atoms. The van der Waals surface area contributed by atoms with Crippen molar-refractivity contribution in [2.45, 2.75) is 37.0 Å². The van der Waals surface area contributed by atoms with Gasteiger partial charge in [0.15, 0.2) is 0 Å². The van der Waals surface area contributed by atoms with Crippen molar-refractivity contribution in [3.8, 4) is 0 Å². The number of nitrogens with zero attached hydrogens (tertiary/aromatic N) is 1. The van der Waals surface area contributed by atoms with Gasteiger partial charge in [-0.2, -0.15) is 12.6 Å². The average Bonchev–Trinajstić information content (AvgIpc) is 2.31. The third kappa shape index (κ3) is 5.04. The minimum absolute atomic E-state index is 0.614. The number of methoxy groups -OCH3 is 2. The Morgan fingerprint density at radius 3 is 1.94 bits per heavy atom. The molecule has 0 atom stereocenters. The molecule has 1 rings (SSSR count). The van der Waals surface area contributed by atoms with Gasteiger partial charge in [0.05, 0.1) is 13.2 Å². The van der Waals surface area contributed by atoms with Crippen LogP contribution in [0, 0.1) is 0 Å². The fourth-order valence-electron chi connectivity index (χ4n) is 2.32. The maximum Gasteiger partial charge on any atom is 0.0589 e. The van der Waals surface area contributed by atoms with Crippen molar-refractivity contribution >= 4 is 12.6 Å². The van der Waals surface area contributed by atoms with Crippen LogP contribution in [0.5, 0.6) is 0 Å². The summed E-state index contributed by atoms with van der Waals surface area (Å²) in [5, 5.41) is 0.614. The molecule has 0 aliphatic heterocycles. The zero-order valence-corrected chi connectivity index (χ0v) is 11.4. The Morgan fingerprint density at radius 1 is 1.00 bits per heavy atom. The van der Waals surface area contributed by atoms with Crippen molar-refractivity contribution in [3.05, 3.63) is 0 Å². The van der Waals surface area contributed by atoms with Crippen molar-refractivity contribution < 1.29 is 9.47 Å². The molecule has 0 aromatic heterocycles. The van der Waals surface area contributed by atoms with Crippen molar-refractivity contribution in [3.63, 3.8) is 0 Å². The van der Waals surface area contributed by atoms with Crippen LogP contribution in [-0.2, 0) is 9.47 Å². The van der Waals surface area contributed by atoms with E-state index in [0.29, 0.717) is 11.3 Å². The van der Waals surface area contributed by atoms with Crippen LogP contribution in [0.25, 0.3) is 0 Å². The fraction of sp³-hybridized carbons (Fsp3) is 1.00. The Labute approximate surface area is 105 Å². The van der Waals surface area contributed by atoms with Gasteiger partial charge in [-0.15, -0.1) is 0 Å². The van der Waals surface area contributed by atoms with Gasteiger partial charge in [-0.1, -0.05) is 0 Å². The van der Waals surface area contributed by atoms with Crippen molar-refractivity contribution in [1.82, 2.24) is 4.90 Å². The second kappa shape index (κ2) is 8.34. The van der Waals surface area contributed by atoms with Gasteiger partial charge < -0.3 is 9.47 Å². The molecular weight excluding hydrogens is 222 g/mol. The summed E-state index contributed by atoms with van der Waals surface area (Å²) in [6.07, 6.45) is 5.01. The highest BCUT2D eigenvalue weighted by Crippen LogP contribution is 2.25. The van der Waals surface area contributed by atoms with Crippen LogP contribution in [0.4, 0.5) is 0 Å². The molecule has 0 bridgehead atoms. The van der Waals surface area contributed by atoms with E-state index in [1.165, 1.54) is 25.7 Å². The van der Waals surface area contributed by atoms with Crippen LogP contribution in [0.1, 0.15) is 25.7 Å². The van der Waals surface area contributed by atoms with E-state index in [2.05, 4.69) is 17.5 Å². The Morgan fingerprint density at radius 2 is 1.50 bits per heavy atom. The normalized spacial score (nSPS) is 26.2. The molecule has 0 amide bonds. The van der Waals surface area contributed by atoms with Crippen LogP contribution in [0.3, 0.4) is 0 Å². The molecule has 0 radical (unpaired) electrons. The molecule has 4 heteroatoms. The number of ether oxygens (including phenoxy) is 2. The first-order chi connectivity index (χ1) is 7.77. The molecule has 1 aliphatic carbocycles. The highest BCUT2D eigenvalue weighted by Gasteiger charge is 2.23. The quantitative estimate of drug-likeness (QED) is 0.694. The third-order valence-electron chi connectivity index (χ3n) is 3.35. The Hall–Kier alpha value is 0.230. The first kappa shape index (κ1) is 14.3. The van der Waals surface area contributed by atoms with Gasteiger partial charge in [-0.3, -0.25) is 4.90 Å². The van der Waals surface area contributed by atoms with Crippen molar-refractivity contribution in [1.29, 1.82) is 0 Å². The third-order valence-corrected chi connectivity index (χ3v) is 3.86. The molecule has 1 aliphatic rings. The smallest absolute Gasteiger partial charge is 0.0589 e. The molecule has 0 aromatic rings. The SMILES string of the molecule is COCCN(CCOC)C1CCC(S)CC1.